The molecule has 3 N–H and O–H groups in total. The van der Waals surface area contributed by atoms with Crippen molar-refractivity contribution >= 4 is 6.41 Å². The Bertz CT molecular complexity index is 70.6. The van der Waals surface area contributed by atoms with Crippen molar-refractivity contribution < 1.29 is 14.6 Å². The lowest BCUT2D eigenvalue weighted by Gasteiger charge is -1.89. The van der Waals surface area contributed by atoms with Crippen molar-refractivity contribution in [3.63, 3.8) is 0 Å². The van der Waals surface area contributed by atoms with Crippen LogP contribution in [0.3, 0.4) is 0 Å². The molecule has 54 valence electrons. The number of rotatable bonds is 0. The number of amides is 1. The Kier molecular flexibility index (Phi) is 5.15. The summed E-state index contributed by atoms with van der Waals surface area (Å²) in [4.78, 5) is 8.58. The first-order chi connectivity index (χ1) is 4.31. The maximum atomic E-state index is 8.60. The van der Waals surface area contributed by atoms with E-state index in [1.807, 2.05) is 0 Å². The molecule has 0 radical (unpaired) electrons. The Morgan fingerprint density at radius 2 is 2.33 bits per heavy atom. The number of ether oxygens (including phenoxy) is 1. The molecule has 0 bridgehead atoms. The first-order valence-electron chi connectivity index (χ1n) is 2.72. The lowest BCUT2D eigenvalue weighted by molar-refractivity contribution is -0.106. The summed E-state index contributed by atoms with van der Waals surface area (Å²) >= 11 is 0. The number of carbonyl (C=O) groups is 1. The van der Waals surface area contributed by atoms with E-state index < -0.39 is 0 Å². The van der Waals surface area contributed by atoms with E-state index in [2.05, 4.69) is 5.73 Å². The second kappa shape index (κ2) is 5.53. The van der Waals surface area contributed by atoms with Gasteiger partial charge in [0, 0.05) is 6.61 Å². The Labute approximate surface area is 53.6 Å². The molecule has 4 heteroatoms. The highest BCUT2D eigenvalue weighted by Gasteiger charge is 2.09. The highest BCUT2D eigenvalue weighted by molar-refractivity contribution is 5.42. The maximum absolute atomic E-state index is 8.60. The maximum Gasteiger partial charge on any atom is 0.204 e. The SMILES string of the molecule is NC=O.OC1CCOC1. The summed E-state index contributed by atoms with van der Waals surface area (Å²) in [6, 6.07) is 0. The molecule has 1 fully saturated rings. The van der Waals surface area contributed by atoms with Gasteiger partial charge >= 0.3 is 0 Å². The topological polar surface area (TPSA) is 72.6 Å². The van der Waals surface area contributed by atoms with Crippen molar-refractivity contribution in [2.75, 3.05) is 13.2 Å². The third-order valence-electron chi connectivity index (χ3n) is 0.906. The monoisotopic (exact) mass is 133 g/mol. The van der Waals surface area contributed by atoms with Crippen LogP contribution in [0.15, 0.2) is 0 Å². The molecule has 1 heterocycles. The third-order valence-corrected chi connectivity index (χ3v) is 0.906. The summed E-state index contributed by atoms with van der Waals surface area (Å²) in [5, 5.41) is 8.60. The van der Waals surface area contributed by atoms with E-state index in [1.165, 1.54) is 0 Å². The summed E-state index contributed by atoms with van der Waals surface area (Å²) in [6.07, 6.45) is 0.894. The van der Waals surface area contributed by atoms with Crippen LogP contribution in [0.1, 0.15) is 6.42 Å². The molecule has 1 aliphatic heterocycles. The molecule has 0 spiro atoms. The van der Waals surface area contributed by atoms with Gasteiger partial charge in [0.15, 0.2) is 0 Å². The molecule has 1 unspecified atom stereocenters. The lowest BCUT2D eigenvalue weighted by Crippen LogP contribution is -2.02. The molecule has 1 rings (SSSR count). The largest absolute Gasteiger partial charge is 0.391 e. The van der Waals surface area contributed by atoms with Crippen molar-refractivity contribution in [2.45, 2.75) is 12.5 Å². The Morgan fingerprint density at radius 1 is 1.78 bits per heavy atom. The van der Waals surface area contributed by atoms with Gasteiger partial charge in [-0.3, -0.25) is 4.79 Å². The summed E-state index contributed by atoms with van der Waals surface area (Å²) < 4.78 is 4.81. The molecule has 0 aromatic carbocycles. The van der Waals surface area contributed by atoms with Gasteiger partial charge < -0.3 is 15.6 Å². The minimum atomic E-state index is -0.176. The first-order valence-corrected chi connectivity index (χ1v) is 2.72. The van der Waals surface area contributed by atoms with Gasteiger partial charge in [0.05, 0.1) is 12.7 Å². The van der Waals surface area contributed by atoms with Crippen LogP contribution in [-0.2, 0) is 9.53 Å². The van der Waals surface area contributed by atoms with E-state index in [0.717, 1.165) is 13.0 Å². The predicted molar refractivity (Wildman–Crippen MR) is 31.7 cm³/mol. The summed E-state index contributed by atoms with van der Waals surface area (Å²) in [6.45, 7) is 1.28. The number of aliphatic hydroxyl groups excluding tert-OH is 1. The third kappa shape index (κ3) is 5.26. The number of primary amides is 1. The fourth-order valence-electron chi connectivity index (χ4n) is 0.522. The number of carbonyl (C=O) groups excluding carboxylic acids is 1. The van der Waals surface area contributed by atoms with Crippen LogP contribution in [0.2, 0.25) is 0 Å². The van der Waals surface area contributed by atoms with Gasteiger partial charge in [0.1, 0.15) is 0 Å². The molecular weight excluding hydrogens is 122 g/mol. The normalized spacial score (nSPS) is 24.3. The molecule has 0 saturated carbocycles. The Balaban J connectivity index is 0.000000187. The zero-order valence-electron chi connectivity index (χ0n) is 5.12. The molecule has 0 aliphatic carbocycles. The summed E-state index contributed by atoms with van der Waals surface area (Å²) in [5.74, 6) is 0. The van der Waals surface area contributed by atoms with Crippen LogP contribution in [-0.4, -0.2) is 30.8 Å². The predicted octanol–water partition coefficient (Wildman–Crippen LogP) is -1.13. The number of aliphatic hydroxyl groups is 1. The van der Waals surface area contributed by atoms with E-state index in [9.17, 15) is 0 Å². The zero-order valence-corrected chi connectivity index (χ0v) is 5.12. The smallest absolute Gasteiger partial charge is 0.204 e. The van der Waals surface area contributed by atoms with Crippen LogP contribution in [0.5, 0.6) is 0 Å². The van der Waals surface area contributed by atoms with Crippen LogP contribution in [0.4, 0.5) is 0 Å². The zero-order chi connectivity index (χ0) is 7.11. The fourth-order valence-corrected chi connectivity index (χ4v) is 0.522. The van der Waals surface area contributed by atoms with Gasteiger partial charge in [-0.15, -0.1) is 0 Å². The first kappa shape index (κ1) is 8.39. The second-order valence-electron chi connectivity index (χ2n) is 1.65. The van der Waals surface area contributed by atoms with E-state index in [1.54, 1.807) is 0 Å². The minimum absolute atomic E-state index is 0.176. The molecule has 9 heavy (non-hydrogen) atoms. The van der Waals surface area contributed by atoms with Crippen molar-refractivity contribution in [1.29, 1.82) is 0 Å². The van der Waals surface area contributed by atoms with Crippen LogP contribution < -0.4 is 5.73 Å². The highest BCUT2D eigenvalue weighted by Crippen LogP contribution is 2.00. The summed E-state index contributed by atoms with van der Waals surface area (Å²) in [5.41, 5.74) is 4.17. The highest BCUT2D eigenvalue weighted by atomic mass is 16.5. The molecule has 4 nitrogen and oxygen atoms in total. The van der Waals surface area contributed by atoms with E-state index >= 15 is 0 Å². The van der Waals surface area contributed by atoms with Crippen molar-refractivity contribution in [2.24, 2.45) is 5.73 Å². The second-order valence-corrected chi connectivity index (χ2v) is 1.65. The van der Waals surface area contributed by atoms with Crippen LogP contribution >= 0.6 is 0 Å². The molecule has 1 saturated heterocycles. The van der Waals surface area contributed by atoms with Gasteiger partial charge in [-0.1, -0.05) is 0 Å². The molecule has 1 aliphatic rings. The van der Waals surface area contributed by atoms with Gasteiger partial charge in [-0.2, -0.15) is 0 Å². The molecule has 1 atom stereocenters. The number of hydrogen-bond acceptors (Lipinski definition) is 3. The van der Waals surface area contributed by atoms with Gasteiger partial charge in [-0.25, -0.2) is 0 Å². The lowest BCUT2D eigenvalue weighted by atomic mass is 10.3. The number of nitrogens with two attached hydrogens (primary N) is 1. The van der Waals surface area contributed by atoms with Crippen molar-refractivity contribution in [1.82, 2.24) is 0 Å². The van der Waals surface area contributed by atoms with E-state index in [-0.39, 0.29) is 12.5 Å². The fraction of sp³-hybridized carbons (Fsp3) is 0.800. The Morgan fingerprint density at radius 3 is 2.44 bits per heavy atom. The Hall–Kier alpha value is -0.610. The summed E-state index contributed by atoms with van der Waals surface area (Å²) in [7, 11) is 0. The van der Waals surface area contributed by atoms with Gasteiger partial charge in [-0.05, 0) is 6.42 Å². The number of hydrogen-bond donors (Lipinski definition) is 2. The van der Waals surface area contributed by atoms with E-state index in [4.69, 9.17) is 14.6 Å². The van der Waals surface area contributed by atoms with E-state index in [0.29, 0.717) is 6.61 Å². The average molecular weight is 133 g/mol. The standard InChI is InChI=1S/C4H8O2.CH3NO/c5-4-1-2-6-3-4;2-1-3/h4-5H,1-3H2;1H,(H2,2,3). The molecular formula is C5H11NO3. The van der Waals surface area contributed by atoms with Crippen LogP contribution in [0, 0.1) is 0 Å². The van der Waals surface area contributed by atoms with Gasteiger partial charge in [0.2, 0.25) is 6.41 Å². The quantitative estimate of drug-likeness (QED) is 0.411. The van der Waals surface area contributed by atoms with Crippen molar-refractivity contribution in [3.05, 3.63) is 0 Å². The van der Waals surface area contributed by atoms with Crippen molar-refractivity contribution in [3.8, 4) is 0 Å². The minimum Gasteiger partial charge on any atom is -0.391 e. The van der Waals surface area contributed by atoms with Gasteiger partial charge in [0.25, 0.3) is 0 Å². The molecule has 1 amide bonds. The van der Waals surface area contributed by atoms with Crippen LogP contribution in [0.25, 0.3) is 0 Å². The molecule has 0 aromatic heterocycles. The molecule has 0 aromatic rings. The average Bonchev–Trinajstić information content (AvgIpc) is 2.20.